The molecule has 0 bridgehead atoms. The maximum absolute atomic E-state index is 12.3. The summed E-state index contributed by atoms with van der Waals surface area (Å²) < 4.78 is 13.1. The Labute approximate surface area is 176 Å². The fourth-order valence-electron chi connectivity index (χ4n) is 3.01. The Morgan fingerprint density at radius 2 is 1.73 bits per heavy atom. The first-order valence-electron chi connectivity index (χ1n) is 8.48. The van der Waals surface area contributed by atoms with Crippen LogP contribution in [0.25, 0.3) is 11.0 Å². The molecule has 0 amide bonds. The molecule has 0 spiro atoms. The summed E-state index contributed by atoms with van der Waals surface area (Å²) in [6.45, 7) is 1.66. The maximum atomic E-state index is 12.3. The molecule has 2 aromatic carbocycles. The standard InChI is InChI=1S/C17H16BrN4O7P/c1-8(9-2-4-10(18)5-3-9)19-17(30(27,28)29)12-6-11(22(25)26)7-13-14(12)21-16(24)15(23)20-13/h2-8,17,19H,1H3,(H,20,23)(H,21,24)(H2,27,28,29)/t8-,17+/m0/s1. The van der Waals surface area contributed by atoms with Gasteiger partial charge in [0.15, 0.2) is 0 Å². The van der Waals surface area contributed by atoms with E-state index in [4.69, 9.17) is 0 Å². The van der Waals surface area contributed by atoms with Gasteiger partial charge in [0.1, 0.15) is 5.78 Å². The average molecular weight is 499 g/mol. The molecule has 0 unspecified atom stereocenters. The van der Waals surface area contributed by atoms with Gasteiger partial charge in [-0.25, -0.2) is 0 Å². The highest BCUT2D eigenvalue weighted by Gasteiger charge is 2.35. The Bertz CT molecular complexity index is 1280. The van der Waals surface area contributed by atoms with Gasteiger partial charge in [-0.15, -0.1) is 0 Å². The van der Waals surface area contributed by atoms with E-state index in [9.17, 15) is 34.1 Å². The molecular formula is C17H16BrN4O7P. The van der Waals surface area contributed by atoms with E-state index in [0.29, 0.717) is 5.56 Å². The van der Waals surface area contributed by atoms with Crippen LogP contribution in [-0.4, -0.2) is 24.7 Å². The van der Waals surface area contributed by atoms with Crippen LogP contribution >= 0.6 is 23.5 Å². The minimum absolute atomic E-state index is 0.117. The second-order valence-corrected chi connectivity index (χ2v) is 9.16. The minimum atomic E-state index is -4.92. The van der Waals surface area contributed by atoms with Gasteiger partial charge in [-0.05, 0) is 24.6 Å². The first-order chi connectivity index (χ1) is 14.0. The fourth-order valence-corrected chi connectivity index (χ4v) is 4.26. The van der Waals surface area contributed by atoms with Crippen LogP contribution in [0.3, 0.4) is 0 Å². The summed E-state index contributed by atoms with van der Waals surface area (Å²) in [6.07, 6.45) is 0. The van der Waals surface area contributed by atoms with Gasteiger partial charge in [0.05, 0.1) is 16.0 Å². The number of rotatable bonds is 6. The van der Waals surface area contributed by atoms with E-state index >= 15 is 0 Å². The molecule has 0 aliphatic carbocycles. The van der Waals surface area contributed by atoms with E-state index in [1.165, 1.54) is 0 Å². The van der Waals surface area contributed by atoms with Gasteiger partial charge >= 0.3 is 18.7 Å². The summed E-state index contributed by atoms with van der Waals surface area (Å²) in [4.78, 5) is 58.4. The largest absolute Gasteiger partial charge is 0.346 e. The number of H-pyrrole nitrogens is 2. The Morgan fingerprint density at radius 1 is 1.13 bits per heavy atom. The predicted octanol–water partition coefficient (Wildman–Crippen LogP) is 2.41. The molecular weight excluding hydrogens is 483 g/mol. The summed E-state index contributed by atoms with van der Waals surface area (Å²) in [5.74, 6) is -1.69. The summed E-state index contributed by atoms with van der Waals surface area (Å²) in [7, 11) is -4.92. The third kappa shape index (κ3) is 4.58. The molecule has 11 nitrogen and oxygen atoms in total. The van der Waals surface area contributed by atoms with Crippen LogP contribution in [0.2, 0.25) is 0 Å². The van der Waals surface area contributed by atoms with Crippen LogP contribution in [0.15, 0.2) is 50.5 Å². The van der Waals surface area contributed by atoms with Crippen LogP contribution in [0.4, 0.5) is 5.69 Å². The van der Waals surface area contributed by atoms with Crippen molar-refractivity contribution in [1.29, 1.82) is 0 Å². The van der Waals surface area contributed by atoms with Gasteiger partial charge in [0, 0.05) is 28.2 Å². The lowest BCUT2D eigenvalue weighted by atomic mass is 10.1. The lowest BCUT2D eigenvalue weighted by Gasteiger charge is -2.25. The number of non-ortho nitro benzene ring substituents is 1. The number of hydrogen-bond acceptors (Lipinski definition) is 6. The molecule has 1 heterocycles. The van der Waals surface area contributed by atoms with Gasteiger partial charge in [-0.3, -0.25) is 29.6 Å². The molecule has 0 saturated carbocycles. The van der Waals surface area contributed by atoms with Gasteiger partial charge in [-0.1, -0.05) is 28.1 Å². The fraction of sp³-hybridized carbons (Fsp3) is 0.176. The van der Waals surface area contributed by atoms with Gasteiger partial charge in [-0.2, -0.15) is 0 Å². The van der Waals surface area contributed by atoms with Crippen molar-refractivity contribution in [2.24, 2.45) is 0 Å². The van der Waals surface area contributed by atoms with Crippen molar-refractivity contribution in [2.75, 3.05) is 0 Å². The third-order valence-electron chi connectivity index (χ3n) is 4.47. The summed E-state index contributed by atoms with van der Waals surface area (Å²) in [5.41, 5.74) is -2.36. The number of fused-ring (bicyclic) bond motifs is 1. The third-order valence-corrected chi connectivity index (χ3v) is 6.09. The molecule has 1 aromatic heterocycles. The second-order valence-electron chi connectivity index (χ2n) is 6.55. The Kier molecular flexibility index (Phi) is 6.06. The Balaban J connectivity index is 2.20. The number of nitrogens with one attached hydrogen (secondary N) is 3. The molecule has 3 aromatic rings. The number of nitro benzene ring substituents is 1. The van der Waals surface area contributed by atoms with Crippen molar-refractivity contribution < 1.29 is 19.3 Å². The van der Waals surface area contributed by atoms with Gasteiger partial charge in [0.25, 0.3) is 5.69 Å². The first kappa shape index (κ1) is 22.1. The molecule has 0 fully saturated rings. The number of nitrogens with zero attached hydrogens (tertiary/aromatic N) is 1. The molecule has 2 atom stereocenters. The zero-order valence-electron chi connectivity index (χ0n) is 15.3. The number of benzene rings is 2. The zero-order chi connectivity index (χ0) is 22.2. The number of aromatic amines is 2. The molecule has 0 radical (unpaired) electrons. The van der Waals surface area contributed by atoms with Crippen molar-refractivity contribution in [3.8, 4) is 0 Å². The maximum Gasteiger partial charge on any atom is 0.346 e. The van der Waals surface area contributed by atoms with E-state index in [-0.39, 0.29) is 16.6 Å². The number of halogens is 1. The predicted molar refractivity (Wildman–Crippen MR) is 112 cm³/mol. The van der Waals surface area contributed by atoms with Gasteiger partial charge in [0.2, 0.25) is 0 Å². The quantitative estimate of drug-likeness (QED) is 0.149. The van der Waals surface area contributed by atoms with E-state index in [0.717, 1.165) is 16.6 Å². The number of nitro groups is 1. The van der Waals surface area contributed by atoms with Crippen molar-refractivity contribution in [3.63, 3.8) is 0 Å². The highest BCUT2D eigenvalue weighted by molar-refractivity contribution is 9.10. The highest BCUT2D eigenvalue weighted by Crippen LogP contribution is 2.52. The normalized spacial score (nSPS) is 13.9. The first-order valence-corrected chi connectivity index (χ1v) is 11.0. The van der Waals surface area contributed by atoms with E-state index in [1.54, 1.807) is 31.2 Å². The molecule has 3 rings (SSSR count). The molecule has 13 heteroatoms. The Hall–Kier alpha value is -2.63. The van der Waals surface area contributed by atoms with E-state index in [2.05, 4.69) is 31.2 Å². The highest BCUT2D eigenvalue weighted by atomic mass is 79.9. The minimum Gasteiger partial charge on any atom is -0.323 e. The van der Waals surface area contributed by atoms with Crippen molar-refractivity contribution in [2.45, 2.75) is 18.7 Å². The van der Waals surface area contributed by atoms with Crippen LogP contribution in [0, 0.1) is 10.1 Å². The molecule has 30 heavy (non-hydrogen) atoms. The van der Waals surface area contributed by atoms with Crippen molar-refractivity contribution in [3.05, 3.63) is 82.8 Å². The summed E-state index contributed by atoms with van der Waals surface area (Å²) in [6, 6.07) is 8.38. The SMILES string of the molecule is C[C@H](N[C@@H](c1cc([N+](=O)[O-])cc2[nH]c(=O)c(=O)[nH]c12)P(=O)(O)O)c1ccc(Br)cc1. The van der Waals surface area contributed by atoms with E-state index < -0.39 is 41.1 Å². The van der Waals surface area contributed by atoms with Crippen LogP contribution < -0.4 is 16.4 Å². The smallest absolute Gasteiger partial charge is 0.323 e. The molecule has 5 N–H and O–H groups in total. The molecule has 0 aliphatic rings. The lowest BCUT2D eigenvalue weighted by Crippen LogP contribution is -2.30. The zero-order valence-corrected chi connectivity index (χ0v) is 17.8. The molecule has 158 valence electrons. The topological polar surface area (TPSA) is 178 Å². The summed E-state index contributed by atoms with van der Waals surface area (Å²) >= 11 is 3.30. The monoisotopic (exact) mass is 498 g/mol. The van der Waals surface area contributed by atoms with Crippen LogP contribution in [0.1, 0.15) is 29.9 Å². The van der Waals surface area contributed by atoms with Crippen LogP contribution in [-0.2, 0) is 4.57 Å². The number of hydrogen-bond donors (Lipinski definition) is 5. The van der Waals surface area contributed by atoms with Crippen molar-refractivity contribution in [1.82, 2.24) is 15.3 Å². The van der Waals surface area contributed by atoms with Gasteiger partial charge < -0.3 is 19.8 Å². The van der Waals surface area contributed by atoms with Crippen molar-refractivity contribution >= 4 is 40.2 Å². The number of aromatic nitrogens is 2. The lowest BCUT2D eigenvalue weighted by molar-refractivity contribution is -0.384. The average Bonchev–Trinajstić information content (AvgIpc) is 2.66. The Morgan fingerprint density at radius 3 is 2.30 bits per heavy atom. The van der Waals surface area contributed by atoms with E-state index in [1.807, 2.05) is 0 Å². The summed E-state index contributed by atoms with van der Waals surface area (Å²) in [5, 5.41) is 14.1. The second kappa shape index (κ2) is 8.25. The van der Waals surface area contributed by atoms with Crippen LogP contribution in [0.5, 0.6) is 0 Å². The molecule has 0 saturated heterocycles. The molecule has 0 aliphatic heterocycles.